The number of ether oxygens (including phenoxy) is 1. The van der Waals surface area contributed by atoms with Gasteiger partial charge < -0.3 is 10.1 Å². The number of nitrogens with one attached hydrogen (secondary N) is 2. The molecule has 178 valence electrons. The zero-order chi connectivity index (χ0) is 24.8. The molecule has 3 rings (SSSR count). The molecule has 8 nitrogen and oxygen atoms in total. The Bertz CT molecular complexity index is 1220. The van der Waals surface area contributed by atoms with E-state index in [1.807, 2.05) is 26.8 Å². The van der Waals surface area contributed by atoms with Gasteiger partial charge in [0.05, 0.1) is 4.90 Å². The molecule has 2 N–H and O–H groups in total. The Balaban J connectivity index is 1.55. The third-order valence-corrected chi connectivity index (χ3v) is 6.37. The second kappa shape index (κ2) is 11.0. The standard InChI is InChI=1S/C24H29BN4O4S/c1-24(2,3)33-23(30)29(20-9-7-19(25)8-10-20)16-15-26-13-14-28-34(31,32)22-6-4-5-18-17-27-12-11-21(18)22/h4-12,17,26,28H,13-16H2,1-3H3. The molecule has 0 aliphatic carbocycles. The predicted octanol–water partition coefficient (Wildman–Crippen LogP) is 2.34. The van der Waals surface area contributed by atoms with Crippen molar-refractivity contribution in [2.75, 3.05) is 31.1 Å². The van der Waals surface area contributed by atoms with Crippen molar-refractivity contribution in [3.8, 4) is 0 Å². The van der Waals surface area contributed by atoms with E-state index in [1.165, 1.54) is 4.90 Å². The maximum Gasteiger partial charge on any atom is 0.414 e. The van der Waals surface area contributed by atoms with E-state index in [-0.39, 0.29) is 11.4 Å². The van der Waals surface area contributed by atoms with Gasteiger partial charge in [-0.05, 0) is 45.0 Å². The summed E-state index contributed by atoms with van der Waals surface area (Å²) in [5, 5.41) is 4.54. The first-order chi connectivity index (χ1) is 16.1. The van der Waals surface area contributed by atoms with Crippen LogP contribution in [0.5, 0.6) is 0 Å². The Labute approximate surface area is 202 Å². The van der Waals surface area contributed by atoms with Gasteiger partial charge in [-0.2, -0.15) is 0 Å². The second-order valence-corrected chi connectivity index (χ2v) is 10.5. The average molecular weight is 480 g/mol. The van der Waals surface area contributed by atoms with E-state index >= 15 is 0 Å². The number of hydrogen-bond acceptors (Lipinski definition) is 6. The van der Waals surface area contributed by atoms with E-state index in [0.29, 0.717) is 36.2 Å². The van der Waals surface area contributed by atoms with Crippen molar-refractivity contribution >= 4 is 45.9 Å². The lowest BCUT2D eigenvalue weighted by molar-refractivity contribution is 0.0580. The van der Waals surface area contributed by atoms with Crippen molar-refractivity contribution in [2.45, 2.75) is 31.3 Å². The van der Waals surface area contributed by atoms with Gasteiger partial charge in [0.25, 0.3) is 0 Å². The van der Waals surface area contributed by atoms with E-state index < -0.39 is 21.7 Å². The van der Waals surface area contributed by atoms with Crippen LogP contribution >= 0.6 is 0 Å². The van der Waals surface area contributed by atoms with Crippen LogP contribution in [-0.2, 0) is 14.8 Å². The molecule has 0 bridgehead atoms. The van der Waals surface area contributed by atoms with E-state index in [1.54, 1.807) is 54.9 Å². The first-order valence-corrected chi connectivity index (χ1v) is 12.4. The molecule has 0 saturated heterocycles. The Morgan fingerprint density at radius 1 is 1.06 bits per heavy atom. The lowest BCUT2D eigenvalue weighted by atomic mass is 9.96. The second-order valence-electron chi connectivity index (χ2n) is 8.72. The van der Waals surface area contributed by atoms with Crippen molar-refractivity contribution in [1.82, 2.24) is 15.0 Å². The zero-order valence-electron chi connectivity index (χ0n) is 19.6. The fraction of sp³-hybridized carbons (Fsp3) is 0.333. The van der Waals surface area contributed by atoms with Crippen LogP contribution in [0.2, 0.25) is 0 Å². The molecule has 34 heavy (non-hydrogen) atoms. The number of nitrogens with zero attached hydrogens (tertiary/aromatic N) is 2. The van der Waals surface area contributed by atoms with E-state index in [9.17, 15) is 13.2 Å². The summed E-state index contributed by atoms with van der Waals surface area (Å²) < 4.78 is 33.7. The molecule has 0 unspecified atom stereocenters. The number of benzene rings is 2. The molecule has 0 fully saturated rings. The van der Waals surface area contributed by atoms with E-state index in [0.717, 1.165) is 5.39 Å². The molecule has 10 heteroatoms. The first kappa shape index (κ1) is 25.7. The minimum absolute atomic E-state index is 0.193. The normalized spacial score (nSPS) is 12.0. The summed E-state index contributed by atoms with van der Waals surface area (Å²) in [5.74, 6) is 0. The molecule has 2 radical (unpaired) electrons. The Morgan fingerprint density at radius 2 is 1.79 bits per heavy atom. The largest absolute Gasteiger partial charge is 0.443 e. The first-order valence-electron chi connectivity index (χ1n) is 11.0. The predicted molar refractivity (Wildman–Crippen MR) is 135 cm³/mol. The monoisotopic (exact) mass is 480 g/mol. The van der Waals surface area contributed by atoms with Gasteiger partial charge in [-0.1, -0.05) is 29.7 Å². The third kappa shape index (κ3) is 7.03. The van der Waals surface area contributed by atoms with Crippen LogP contribution in [0.25, 0.3) is 10.8 Å². The Hall–Kier alpha value is -2.95. The van der Waals surface area contributed by atoms with Crippen LogP contribution in [0.3, 0.4) is 0 Å². The van der Waals surface area contributed by atoms with Gasteiger partial charge >= 0.3 is 6.09 Å². The number of anilines is 1. The van der Waals surface area contributed by atoms with Crippen molar-refractivity contribution in [2.24, 2.45) is 0 Å². The molecule has 0 aliphatic rings. The van der Waals surface area contributed by atoms with Crippen LogP contribution in [0, 0.1) is 0 Å². The number of fused-ring (bicyclic) bond motifs is 1. The molecule has 0 aliphatic heterocycles. The smallest absolute Gasteiger partial charge is 0.414 e. The van der Waals surface area contributed by atoms with Crippen molar-refractivity contribution in [1.29, 1.82) is 0 Å². The van der Waals surface area contributed by atoms with Crippen LogP contribution in [0.1, 0.15) is 20.8 Å². The van der Waals surface area contributed by atoms with Crippen molar-refractivity contribution < 1.29 is 17.9 Å². The fourth-order valence-electron chi connectivity index (χ4n) is 3.29. The molecule has 0 spiro atoms. The molecule has 0 atom stereocenters. The lowest BCUT2D eigenvalue weighted by Crippen LogP contribution is -2.42. The Morgan fingerprint density at radius 3 is 2.50 bits per heavy atom. The third-order valence-electron chi connectivity index (χ3n) is 4.85. The number of carbonyl (C=O) groups excluding carboxylic acids is 1. The summed E-state index contributed by atoms with van der Waals surface area (Å²) in [5.41, 5.74) is 0.629. The summed E-state index contributed by atoms with van der Waals surface area (Å²) >= 11 is 0. The highest BCUT2D eigenvalue weighted by Gasteiger charge is 2.23. The summed E-state index contributed by atoms with van der Waals surface area (Å²) in [6.45, 7) is 6.77. The lowest BCUT2D eigenvalue weighted by Gasteiger charge is -2.27. The molecule has 2 aromatic carbocycles. The maximum absolute atomic E-state index is 12.8. The highest BCUT2D eigenvalue weighted by molar-refractivity contribution is 7.89. The van der Waals surface area contributed by atoms with E-state index in [4.69, 9.17) is 12.6 Å². The molecular weight excluding hydrogens is 451 g/mol. The van der Waals surface area contributed by atoms with Gasteiger partial charge in [0, 0.05) is 55.0 Å². The van der Waals surface area contributed by atoms with Gasteiger partial charge in [0.15, 0.2) is 0 Å². The maximum atomic E-state index is 12.8. The summed E-state index contributed by atoms with van der Waals surface area (Å²) in [4.78, 5) is 18.5. The minimum Gasteiger partial charge on any atom is -0.443 e. The fourth-order valence-corrected chi connectivity index (χ4v) is 4.55. The molecule has 3 aromatic rings. The number of hydrogen-bond donors (Lipinski definition) is 2. The Kier molecular flexibility index (Phi) is 8.30. The molecule has 1 aromatic heterocycles. The van der Waals surface area contributed by atoms with Gasteiger partial charge in [0.1, 0.15) is 13.4 Å². The number of amides is 1. The van der Waals surface area contributed by atoms with E-state index in [2.05, 4.69) is 15.0 Å². The van der Waals surface area contributed by atoms with Crippen LogP contribution in [0.15, 0.2) is 65.8 Å². The number of pyridine rings is 1. The quantitative estimate of drug-likeness (QED) is 0.360. The summed E-state index contributed by atoms with van der Waals surface area (Å²) in [6, 6.07) is 13.7. The van der Waals surface area contributed by atoms with Gasteiger partial charge in [-0.3, -0.25) is 9.88 Å². The van der Waals surface area contributed by atoms with Gasteiger partial charge in [-0.25, -0.2) is 17.9 Å². The molecular formula is C24H29BN4O4S. The highest BCUT2D eigenvalue weighted by Crippen LogP contribution is 2.21. The van der Waals surface area contributed by atoms with Crippen LogP contribution in [-0.4, -0.2) is 59.1 Å². The number of carbonyl (C=O) groups is 1. The van der Waals surface area contributed by atoms with Crippen LogP contribution in [0.4, 0.5) is 10.5 Å². The topological polar surface area (TPSA) is 101 Å². The van der Waals surface area contributed by atoms with Crippen LogP contribution < -0.4 is 20.4 Å². The number of aromatic nitrogens is 1. The molecule has 1 heterocycles. The zero-order valence-corrected chi connectivity index (χ0v) is 20.4. The van der Waals surface area contributed by atoms with Gasteiger partial charge in [0.2, 0.25) is 10.0 Å². The van der Waals surface area contributed by atoms with Crippen molar-refractivity contribution in [3.05, 3.63) is 60.9 Å². The molecule has 0 saturated carbocycles. The van der Waals surface area contributed by atoms with Gasteiger partial charge in [-0.15, -0.1) is 0 Å². The summed E-state index contributed by atoms with van der Waals surface area (Å²) in [6.07, 6.45) is 2.73. The highest BCUT2D eigenvalue weighted by atomic mass is 32.2. The SMILES string of the molecule is [B]c1ccc(N(CCNCCNS(=O)(=O)c2cccc3cnccc23)C(=O)OC(C)(C)C)cc1. The molecule has 1 amide bonds. The minimum atomic E-state index is -3.69. The van der Waals surface area contributed by atoms with Crippen molar-refractivity contribution in [3.63, 3.8) is 0 Å². The number of rotatable bonds is 9. The average Bonchev–Trinajstić information content (AvgIpc) is 2.77. The number of sulfonamides is 1. The summed E-state index contributed by atoms with van der Waals surface area (Å²) in [7, 11) is 2.08.